The average Bonchev–Trinajstić information content (AvgIpc) is 2.18. The standard InChI is InChI=1S/C13H25NO/c1-12(2)11-13(15)7-6-10-14-8-4-3-5-9-14/h12H,3-11H2,1-2H3. The number of nitrogens with zero attached hydrogens (tertiary/aromatic N) is 1. The van der Waals surface area contributed by atoms with E-state index in [0.29, 0.717) is 11.7 Å². The second-order valence-corrected chi connectivity index (χ2v) is 5.14. The van der Waals surface area contributed by atoms with Crippen molar-refractivity contribution in [3.05, 3.63) is 0 Å². The van der Waals surface area contributed by atoms with Gasteiger partial charge in [0, 0.05) is 12.8 Å². The van der Waals surface area contributed by atoms with E-state index in [1.54, 1.807) is 0 Å². The highest BCUT2D eigenvalue weighted by Gasteiger charge is 2.10. The van der Waals surface area contributed by atoms with Gasteiger partial charge in [-0.15, -0.1) is 0 Å². The topological polar surface area (TPSA) is 20.3 Å². The van der Waals surface area contributed by atoms with Gasteiger partial charge in [0.2, 0.25) is 0 Å². The molecule has 1 rings (SSSR count). The molecule has 0 atom stereocenters. The molecule has 0 amide bonds. The lowest BCUT2D eigenvalue weighted by molar-refractivity contribution is -0.119. The summed E-state index contributed by atoms with van der Waals surface area (Å²) in [6, 6.07) is 0. The quantitative estimate of drug-likeness (QED) is 0.673. The third-order valence-electron chi connectivity index (χ3n) is 3.01. The highest BCUT2D eigenvalue weighted by atomic mass is 16.1. The maximum atomic E-state index is 11.5. The zero-order valence-electron chi connectivity index (χ0n) is 10.3. The van der Waals surface area contributed by atoms with Crippen molar-refractivity contribution < 1.29 is 4.79 Å². The van der Waals surface area contributed by atoms with Gasteiger partial charge in [-0.05, 0) is 44.8 Å². The molecular weight excluding hydrogens is 186 g/mol. The molecule has 2 heteroatoms. The summed E-state index contributed by atoms with van der Waals surface area (Å²) in [5.41, 5.74) is 0. The Bertz CT molecular complexity index is 183. The lowest BCUT2D eigenvalue weighted by Gasteiger charge is -2.26. The normalized spacial score (nSPS) is 18.3. The molecule has 0 N–H and O–H groups in total. The van der Waals surface area contributed by atoms with Crippen LogP contribution in [-0.2, 0) is 4.79 Å². The summed E-state index contributed by atoms with van der Waals surface area (Å²) in [6.07, 6.45) is 6.70. The van der Waals surface area contributed by atoms with Crippen LogP contribution in [0.15, 0.2) is 0 Å². The van der Waals surface area contributed by atoms with Gasteiger partial charge in [-0.1, -0.05) is 20.3 Å². The Kier molecular flexibility index (Phi) is 5.92. The average molecular weight is 211 g/mol. The van der Waals surface area contributed by atoms with Crippen LogP contribution in [0.2, 0.25) is 0 Å². The van der Waals surface area contributed by atoms with Crippen LogP contribution >= 0.6 is 0 Å². The minimum absolute atomic E-state index is 0.446. The number of rotatable bonds is 6. The predicted molar refractivity (Wildman–Crippen MR) is 64.0 cm³/mol. The Balaban J connectivity index is 2.02. The zero-order chi connectivity index (χ0) is 11.1. The molecule has 0 aromatic carbocycles. The zero-order valence-corrected chi connectivity index (χ0v) is 10.3. The molecule has 0 aromatic rings. The Morgan fingerprint density at radius 2 is 1.87 bits per heavy atom. The summed E-state index contributed by atoms with van der Waals surface area (Å²) in [5, 5.41) is 0. The summed E-state index contributed by atoms with van der Waals surface area (Å²) in [4.78, 5) is 14.0. The second-order valence-electron chi connectivity index (χ2n) is 5.14. The highest BCUT2D eigenvalue weighted by molar-refractivity contribution is 5.78. The van der Waals surface area contributed by atoms with Crippen LogP contribution in [0.3, 0.4) is 0 Å². The molecule has 0 saturated carbocycles. The molecule has 0 spiro atoms. The SMILES string of the molecule is CC(C)CC(=O)CCCN1CCCCC1. The molecule has 0 unspecified atom stereocenters. The summed E-state index contributed by atoms with van der Waals surface area (Å²) < 4.78 is 0. The molecule has 0 radical (unpaired) electrons. The number of carbonyl (C=O) groups excluding carboxylic acids is 1. The molecule has 1 saturated heterocycles. The molecule has 88 valence electrons. The van der Waals surface area contributed by atoms with Gasteiger partial charge in [0.15, 0.2) is 0 Å². The first-order chi connectivity index (χ1) is 7.18. The van der Waals surface area contributed by atoms with Crippen molar-refractivity contribution in [2.45, 2.75) is 52.4 Å². The molecule has 0 bridgehead atoms. The fourth-order valence-corrected chi connectivity index (χ4v) is 2.24. The lowest BCUT2D eigenvalue weighted by atomic mass is 10.0. The Labute approximate surface area is 94.0 Å². The van der Waals surface area contributed by atoms with E-state index in [1.165, 1.54) is 32.4 Å². The van der Waals surface area contributed by atoms with Crippen LogP contribution in [0, 0.1) is 5.92 Å². The van der Waals surface area contributed by atoms with Gasteiger partial charge in [-0.3, -0.25) is 4.79 Å². The maximum Gasteiger partial charge on any atom is 0.133 e. The Morgan fingerprint density at radius 1 is 1.20 bits per heavy atom. The van der Waals surface area contributed by atoms with Crippen molar-refractivity contribution in [3.63, 3.8) is 0 Å². The lowest BCUT2D eigenvalue weighted by Crippen LogP contribution is -2.30. The fraction of sp³-hybridized carbons (Fsp3) is 0.923. The van der Waals surface area contributed by atoms with E-state index < -0.39 is 0 Å². The van der Waals surface area contributed by atoms with Crippen LogP contribution in [0.4, 0.5) is 0 Å². The van der Waals surface area contributed by atoms with Crippen molar-refractivity contribution >= 4 is 5.78 Å². The van der Waals surface area contributed by atoms with E-state index in [4.69, 9.17) is 0 Å². The monoisotopic (exact) mass is 211 g/mol. The number of hydrogen-bond donors (Lipinski definition) is 0. The predicted octanol–water partition coefficient (Wildman–Crippen LogP) is 2.87. The van der Waals surface area contributed by atoms with Gasteiger partial charge >= 0.3 is 0 Å². The van der Waals surface area contributed by atoms with E-state index >= 15 is 0 Å². The van der Waals surface area contributed by atoms with Gasteiger partial charge in [-0.2, -0.15) is 0 Å². The maximum absolute atomic E-state index is 11.5. The van der Waals surface area contributed by atoms with Crippen LogP contribution in [0.25, 0.3) is 0 Å². The number of likely N-dealkylation sites (tertiary alicyclic amines) is 1. The van der Waals surface area contributed by atoms with Crippen LogP contribution in [-0.4, -0.2) is 30.3 Å². The minimum Gasteiger partial charge on any atom is -0.303 e. The fourth-order valence-electron chi connectivity index (χ4n) is 2.24. The van der Waals surface area contributed by atoms with Crippen LogP contribution in [0.1, 0.15) is 52.4 Å². The first-order valence-electron chi connectivity index (χ1n) is 6.42. The van der Waals surface area contributed by atoms with Gasteiger partial charge < -0.3 is 4.90 Å². The van der Waals surface area contributed by atoms with Gasteiger partial charge in [0.1, 0.15) is 5.78 Å². The van der Waals surface area contributed by atoms with Gasteiger partial charge in [0.25, 0.3) is 0 Å². The molecule has 2 nitrogen and oxygen atoms in total. The Morgan fingerprint density at radius 3 is 2.47 bits per heavy atom. The van der Waals surface area contributed by atoms with Crippen molar-refractivity contribution in [3.8, 4) is 0 Å². The van der Waals surface area contributed by atoms with Crippen molar-refractivity contribution in [1.29, 1.82) is 0 Å². The summed E-state index contributed by atoms with van der Waals surface area (Å²) in [7, 11) is 0. The second kappa shape index (κ2) is 7.00. The van der Waals surface area contributed by atoms with E-state index in [-0.39, 0.29) is 0 Å². The smallest absolute Gasteiger partial charge is 0.133 e. The molecule has 15 heavy (non-hydrogen) atoms. The third-order valence-corrected chi connectivity index (χ3v) is 3.01. The summed E-state index contributed by atoms with van der Waals surface area (Å²) in [6.45, 7) is 7.85. The highest BCUT2D eigenvalue weighted by Crippen LogP contribution is 2.10. The van der Waals surface area contributed by atoms with E-state index in [1.807, 2.05) is 0 Å². The molecule has 1 fully saturated rings. The van der Waals surface area contributed by atoms with E-state index in [9.17, 15) is 4.79 Å². The number of hydrogen-bond acceptors (Lipinski definition) is 2. The number of piperidine rings is 1. The van der Waals surface area contributed by atoms with Crippen molar-refractivity contribution in [2.24, 2.45) is 5.92 Å². The number of carbonyl (C=O) groups is 1. The first-order valence-corrected chi connectivity index (χ1v) is 6.42. The van der Waals surface area contributed by atoms with Gasteiger partial charge in [0.05, 0.1) is 0 Å². The number of Topliss-reactive ketones (excluding diaryl/α,β-unsaturated/α-hetero) is 1. The van der Waals surface area contributed by atoms with Crippen LogP contribution in [0.5, 0.6) is 0 Å². The van der Waals surface area contributed by atoms with E-state index in [2.05, 4.69) is 18.7 Å². The molecule has 1 aliphatic heterocycles. The van der Waals surface area contributed by atoms with E-state index in [0.717, 1.165) is 25.8 Å². The summed E-state index contributed by atoms with van der Waals surface area (Å²) >= 11 is 0. The summed E-state index contributed by atoms with van der Waals surface area (Å²) in [5.74, 6) is 0.967. The molecule has 0 aliphatic carbocycles. The third kappa shape index (κ3) is 5.93. The van der Waals surface area contributed by atoms with Gasteiger partial charge in [-0.25, -0.2) is 0 Å². The Hall–Kier alpha value is -0.370. The molecule has 0 aromatic heterocycles. The van der Waals surface area contributed by atoms with Crippen molar-refractivity contribution in [1.82, 2.24) is 4.90 Å². The van der Waals surface area contributed by atoms with Crippen LogP contribution < -0.4 is 0 Å². The largest absolute Gasteiger partial charge is 0.303 e. The number of ketones is 1. The molecule has 1 aliphatic rings. The molecule has 1 heterocycles. The first kappa shape index (κ1) is 12.7. The molecular formula is C13H25NO. The van der Waals surface area contributed by atoms with Crippen molar-refractivity contribution in [2.75, 3.05) is 19.6 Å². The minimum atomic E-state index is 0.446.